The number of fused-ring (bicyclic) bond motifs is 1. The van der Waals surface area contributed by atoms with Gasteiger partial charge in [-0.2, -0.15) is 0 Å². The van der Waals surface area contributed by atoms with Crippen LogP contribution in [0.3, 0.4) is 0 Å². The van der Waals surface area contributed by atoms with Gasteiger partial charge in [0.05, 0.1) is 19.6 Å². The smallest absolute Gasteiger partial charge is 0.320 e. The molecule has 1 saturated heterocycles. The molecule has 0 aromatic carbocycles. The molecule has 9 heteroatoms. The van der Waals surface area contributed by atoms with Gasteiger partial charge in [0.15, 0.2) is 5.65 Å². The van der Waals surface area contributed by atoms with Gasteiger partial charge in [0.25, 0.3) is 0 Å². The van der Waals surface area contributed by atoms with Crippen LogP contribution in [-0.4, -0.2) is 68.6 Å². The lowest BCUT2D eigenvalue weighted by Crippen LogP contribution is -2.36. The van der Waals surface area contributed by atoms with Gasteiger partial charge in [0, 0.05) is 49.2 Å². The number of amides is 2. The summed E-state index contributed by atoms with van der Waals surface area (Å²) in [5.41, 5.74) is 2.34. The molecule has 1 N–H and O–H groups in total. The van der Waals surface area contributed by atoms with Crippen LogP contribution in [0.25, 0.3) is 11.0 Å². The van der Waals surface area contributed by atoms with Gasteiger partial charge in [0.2, 0.25) is 5.88 Å². The highest BCUT2D eigenvalue weighted by molar-refractivity contribution is 5.78. The van der Waals surface area contributed by atoms with Crippen molar-refractivity contribution in [3.8, 4) is 5.88 Å². The number of rotatable bonds is 9. The Balaban J connectivity index is 1.38. The summed E-state index contributed by atoms with van der Waals surface area (Å²) in [5, 5.41) is 10.4. The van der Waals surface area contributed by atoms with E-state index in [0.29, 0.717) is 31.1 Å². The molecule has 0 unspecified atom stereocenters. The number of ether oxygens (including phenoxy) is 1. The summed E-state index contributed by atoms with van der Waals surface area (Å²) in [4.78, 5) is 40.9. The van der Waals surface area contributed by atoms with Crippen molar-refractivity contribution < 1.29 is 19.4 Å². The summed E-state index contributed by atoms with van der Waals surface area (Å²) in [7, 11) is 1.52. The van der Waals surface area contributed by atoms with Crippen LogP contribution in [0.5, 0.6) is 5.88 Å². The second-order valence-electron chi connectivity index (χ2n) is 7.67. The van der Waals surface area contributed by atoms with E-state index in [1.165, 1.54) is 7.11 Å². The first-order valence-electron chi connectivity index (χ1n) is 10.5. The monoisotopic (exact) mass is 435 g/mol. The fourth-order valence-electron chi connectivity index (χ4n) is 3.96. The zero-order valence-electron chi connectivity index (χ0n) is 17.8. The van der Waals surface area contributed by atoms with E-state index < -0.39 is 12.0 Å². The van der Waals surface area contributed by atoms with Crippen molar-refractivity contribution in [2.24, 2.45) is 0 Å². The molecule has 3 aromatic heterocycles. The number of carbonyl (C=O) groups excluding carboxylic acids is 1. The number of carbonyl (C=O) groups is 2. The predicted octanol–water partition coefficient (Wildman–Crippen LogP) is 2.92. The number of aromatic nitrogens is 3. The Morgan fingerprint density at radius 2 is 2.06 bits per heavy atom. The largest absolute Gasteiger partial charge is 0.481 e. The van der Waals surface area contributed by atoms with Gasteiger partial charge in [0.1, 0.15) is 0 Å². The second-order valence-corrected chi connectivity index (χ2v) is 7.67. The van der Waals surface area contributed by atoms with Crippen molar-refractivity contribution >= 4 is 23.0 Å². The molecule has 1 aliphatic rings. The Morgan fingerprint density at radius 3 is 2.81 bits per heavy atom. The Morgan fingerprint density at radius 1 is 1.19 bits per heavy atom. The molecule has 0 bridgehead atoms. The molecule has 3 aromatic rings. The van der Waals surface area contributed by atoms with Crippen LogP contribution < -0.4 is 4.74 Å². The summed E-state index contributed by atoms with van der Waals surface area (Å²) in [5.74, 6) is -0.525. The number of urea groups is 1. The van der Waals surface area contributed by atoms with Crippen LogP contribution in [-0.2, 0) is 11.2 Å². The molecule has 9 nitrogen and oxygen atoms in total. The van der Waals surface area contributed by atoms with Crippen LogP contribution >= 0.6 is 0 Å². The van der Waals surface area contributed by atoms with Crippen molar-refractivity contribution in [3.63, 3.8) is 0 Å². The lowest BCUT2D eigenvalue weighted by Gasteiger charge is -2.27. The van der Waals surface area contributed by atoms with Gasteiger partial charge >= 0.3 is 12.0 Å². The van der Waals surface area contributed by atoms with Crippen molar-refractivity contribution in [1.82, 2.24) is 24.8 Å². The molecule has 4 rings (SSSR count). The molecule has 1 atom stereocenters. The molecule has 4 heterocycles. The molecule has 0 aliphatic carbocycles. The number of nitrogens with zero attached hydrogens (tertiary/aromatic N) is 5. The van der Waals surface area contributed by atoms with Gasteiger partial charge in [-0.15, -0.1) is 0 Å². The van der Waals surface area contributed by atoms with Crippen LogP contribution in [0, 0.1) is 0 Å². The SMILES string of the molecule is COc1ccc([C@H](CC(=O)O)N2CCN(CCCc3ccc4cccnc4n3)C2=O)cn1. The van der Waals surface area contributed by atoms with Gasteiger partial charge < -0.3 is 19.6 Å². The fourth-order valence-corrected chi connectivity index (χ4v) is 3.96. The number of hydrogen-bond donors (Lipinski definition) is 1. The second kappa shape index (κ2) is 9.59. The topological polar surface area (TPSA) is 109 Å². The summed E-state index contributed by atoms with van der Waals surface area (Å²) in [6.07, 6.45) is 4.61. The maximum Gasteiger partial charge on any atom is 0.320 e. The van der Waals surface area contributed by atoms with E-state index in [1.54, 1.807) is 34.3 Å². The van der Waals surface area contributed by atoms with Crippen LogP contribution in [0.4, 0.5) is 4.79 Å². The molecule has 1 aliphatic heterocycles. The van der Waals surface area contributed by atoms with Gasteiger partial charge in [-0.05, 0) is 42.7 Å². The minimum Gasteiger partial charge on any atom is -0.481 e. The standard InChI is InChI=1S/C23H25N5O4/c1-32-20-9-7-17(15-25-20)19(14-21(29)30)28-13-12-27(23(28)31)11-3-5-18-8-6-16-4-2-10-24-22(16)26-18/h2,4,6-10,15,19H,3,5,11-14H2,1H3,(H,29,30)/t19-/m0/s1. The Labute approximate surface area is 185 Å². The average molecular weight is 435 g/mol. The Hall–Kier alpha value is -3.75. The predicted molar refractivity (Wildman–Crippen MR) is 117 cm³/mol. The lowest BCUT2D eigenvalue weighted by molar-refractivity contribution is -0.138. The number of aryl methyl sites for hydroxylation is 1. The van der Waals surface area contributed by atoms with E-state index in [-0.39, 0.29) is 12.5 Å². The van der Waals surface area contributed by atoms with Crippen molar-refractivity contribution in [2.45, 2.75) is 25.3 Å². The van der Waals surface area contributed by atoms with Gasteiger partial charge in [-0.1, -0.05) is 6.07 Å². The highest BCUT2D eigenvalue weighted by Gasteiger charge is 2.35. The zero-order chi connectivity index (χ0) is 22.5. The lowest BCUT2D eigenvalue weighted by atomic mass is 10.0. The van der Waals surface area contributed by atoms with Crippen LogP contribution in [0.15, 0.2) is 48.8 Å². The fraction of sp³-hybridized carbons (Fsp3) is 0.348. The first kappa shape index (κ1) is 21.5. The van der Waals surface area contributed by atoms with Crippen LogP contribution in [0.2, 0.25) is 0 Å². The van der Waals surface area contributed by atoms with E-state index in [0.717, 1.165) is 29.6 Å². The normalized spacial score (nSPS) is 14.7. The van der Waals surface area contributed by atoms with E-state index >= 15 is 0 Å². The Kier molecular flexibility index (Phi) is 6.44. The van der Waals surface area contributed by atoms with E-state index in [9.17, 15) is 14.7 Å². The molecular formula is C23H25N5O4. The quantitative estimate of drug-likeness (QED) is 0.550. The Bertz CT molecular complexity index is 1100. The maximum absolute atomic E-state index is 13.0. The maximum atomic E-state index is 13.0. The third-order valence-corrected chi connectivity index (χ3v) is 5.61. The molecule has 0 saturated carbocycles. The highest BCUT2D eigenvalue weighted by Crippen LogP contribution is 2.29. The number of carboxylic acids is 1. The van der Waals surface area contributed by atoms with E-state index in [2.05, 4.69) is 15.0 Å². The molecular weight excluding hydrogens is 410 g/mol. The molecule has 2 amide bonds. The highest BCUT2D eigenvalue weighted by atomic mass is 16.5. The van der Waals surface area contributed by atoms with E-state index in [4.69, 9.17) is 4.74 Å². The summed E-state index contributed by atoms with van der Waals surface area (Å²) in [6.45, 7) is 1.62. The molecule has 0 radical (unpaired) electrons. The molecule has 0 spiro atoms. The molecule has 1 fully saturated rings. The minimum absolute atomic E-state index is 0.153. The third-order valence-electron chi connectivity index (χ3n) is 5.61. The van der Waals surface area contributed by atoms with Gasteiger partial charge in [-0.25, -0.2) is 19.7 Å². The van der Waals surface area contributed by atoms with Crippen molar-refractivity contribution in [3.05, 3.63) is 60.0 Å². The number of carboxylic acid groups (broad SMARTS) is 1. The van der Waals surface area contributed by atoms with Crippen molar-refractivity contribution in [2.75, 3.05) is 26.7 Å². The number of hydrogen-bond acceptors (Lipinski definition) is 6. The zero-order valence-corrected chi connectivity index (χ0v) is 17.8. The van der Waals surface area contributed by atoms with Crippen molar-refractivity contribution in [1.29, 1.82) is 0 Å². The first-order chi connectivity index (χ1) is 15.5. The average Bonchev–Trinajstić information content (AvgIpc) is 3.17. The summed E-state index contributed by atoms with van der Waals surface area (Å²) < 4.78 is 5.07. The third kappa shape index (κ3) is 4.77. The summed E-state index contributed by atoms with van der Waals surface area (Å²) >= 11 is 0. The minimum atomic E-state index is -0.965. The number of pyridine rings is 3. The first-order valence-corrected chi connectivity index (χ1v) is 10.5. The van der Waals surface area contributed by atoms with Gasteiger partial charge in [-0.3, -0.25) is 4.79 Å². The summed E-state index contributed by atoms with van der Waals surface area (Å²) in [6, 6.07) is 10.6. The molecule has 166 valence electrons. The number of aliphatic carboxylic acids is 1. The van der Waals surface area contributed by atoms with Crippen LogP contribution in [0.1, 0.15) is 30.1 Å². The molecule has 32 heavy (non-hydrogen) atoms. The number of methoxy groups -OCH3 is 1. The van der Waals surface area contributed by atoms with E-state index in [1.807, 2.05) is 24.3 Å².